The standard InChI is InChI=1S/C22H18N2OS2/c25-21(15-27-22-24-20-9-5-4-8-18(20)14-26-22)23-19-12-10-17(11-13-19)16-6-2-1-3-7-16/h1-13H,14-15H2,(H,23,25). The number of thioether (sulfide) groups is 2. The minimum absolute atomic E-state index is 0.0189. The van der Waals surface area contributed by atoms with Gasteiger partial charge in [-0.3, -0.25) is 4.79 Å². The smallest absolute Gasteiger partial charge is 0.234 e. The molecule has 27 heavy (non-hydrogen) atoms. The van der Waals surface area contributed by atoms with Gasteiger partial charge in [0.1, 0.15) is 4.38 Å². The predicted molar refractivity (Wildman–Crippen MR) is 118 cm³/mol. The second-order valence-corrected chi connectivity index (χ2v) is 8.26. The molecule has 5 heteroatoms. The molecule has 0 radical (unpaired) electrons. The Labute approximate surface area is 167 Å². The maximum absolute atomic E-state index is 12.3. The molecule has 0 saturated carbocycles. The average molecular weight is 391 g/mol. The molecule has 0 saturated heterocycles. The van der Waals surface area contributed by atoms with Crippen molar-refractivity contribution >= 4 is 45.2 Å². The molecule has 3 nitrogen and oxygen atoms in total. The van der Waals surface area contributed by atoms with Crippen molar-refractivity contribution in [2.75, 3.05) is 11.1 Å². The highest BCUT2D eigenvalue weighted by Gasteiger charge is 2.14. The van der Waals surface area contributed by atoms with Gasteiger partial charge in [0.25, 0.3) is 0 Å². The molecule has 1 heterocycles. The van der Waals surface area contributed by atoms with E-state index in [1.165, 1.54) is 22.9 Å². The lowest BCUT2D eigenvalue weighted by Crippen LogP contribution is -2.15. The Kier molecular flexibility index (Phi) is 5.61. The van der Waals surface area contributed by atoms with Crippen LogP contribution in [0.3, 0.4) is 0 Å². The van der Waals surface area contributed by atoms with Gasteiger partial charge in [0.05, 0.1) is 11.4 Å². The molecule has 0 fully saturated rings. The second-order valence-electron chi connectivity index (χ2n) is 6.08. The van der Waals surface area contributed by atoms with Crippen LogP contribution < -0.4 is 5.32 Å². The Morgan fingerprint density at radius 2 is 1.63 bits per heavy atom. The number of amides is 1. The Bertz CT molecular complexity index is 969. The van der Waals surface area contributed by atoms with Crippen LogP contribution in [-0.2, 0) is 10.5 Å². The molecular formula is C22H18N2OS2. The first-order valence-electron chi connectivity index (χ1n) is 8.65. The summed E-state index contributed by atoms with van der Waals surface area (Å²) >= 11 is 3.18. The molecule has 4 rings (SSSR count). The molecular weight excluding hydrogens is 372 g/mol. The van der Waals surface area contributed by atoms with Crippen LogP contribution in [0.4, 0.5) is 11.4 Å². The minimum Gasteiger partial charge on any atom is -0.325 e. The maximum Gasteiger partial charge on any atom is 0.234 e. The lowest BCUT2D eigenvalue weighted by molar-refractivity contribution is -0.113. The third-order valence-electron chi connectivity index (χ3n) is 4.16. The van der Waals surface area contributed by atoms with Crippen molar-refractivity contribution in [3.8, 4) is 11.1 Å². The van der Waals surface area contributed by atoms with Crippen LogP contribution in [-0.4, -0.2) is 16.0 Å². The summed E-state index contributed by atoms with van der Waals surface area (Å²) in [5, 5.41) is 2.96. The monoisotopic (exact) mass is 390 g/mol. The van der Waals surface area contributed by atoms with E-state index < -0.39 is 0 Å². The summed E-state index contributed by atoms with van der Waals surface area (Å²) in [5.41, 5.74) is 5.36. The third-order valence-corrected chi connectivity index (χ3v) is 6.40. The highest BCUT2D eigenvalue weighted by molar-refractivity contribution is 8.38. The summed E-state index contributed by atoms with van der Waals surface area (Å²) in [6.45, 7) is 0. The van der Waals surface area contributed by atoms with Gasteiger partial charge in [-0.2, -0.15) is 0 Å². The number of nitrogens with zero attached hydrogens (tertiary/aromatic N) is 1. The van der Waals surface area contributed by atoms with Gasteiger partial charge in [-0.25, -0.2) is 4.99 Å². The molecule has 1 N–H and O–H groups in total. The lowest BCUT2D eigenvalue weighted by Gasteiger charge is -2.14. The molecule has 134 valence electrons. The number of fused-ring (bicyclic) bond motifs is 1. The lowest BCUT2D eigenvalue weighted by atomic mass is 10.1. The molecule has 0 spiro atoms. The topological polar surface area (TPSA) is 41.5 Å². The number of rotatable bonds is 4. The van der Waals surface area contributed by atoms with Crippen LogP contribution >= 0.6 is 23.5 Å². The summed E-state index contributed by atoms with van der Waals surface area (Å²) in [4.78, 5) is 16.9. The van der Waals surface area contributed by atoms with Crippen LogP contribution in [0.2, 0.25) is 0 Å². The third kappa shape index (κ3) is 4.62. The van der Waals surface area contributed by atoms with Crippen LogP contribution in [0.5, 0.6) is 0 Å². The fourth-order valence-electron chi connectivity index (χ4n) is 2.79. The number of anilines is 1. The molecule has 0 unspecified atom stereocenters. The van der Waals surface area contributed by atoms with Gasteiger partial charge >= 0.3 is 0 Å². The molecule has 1 aliphatic heterocycles. The summed E-state index contributed by atoms with van der Waals surface area (Å²) in [6, 6.07) is 26.3. The molecule has 0 atom stereocenters. The molecule has 3 aromatic rings. The fraction of sp³-hybridized carbons (Fsp3) is 0.0909. The predicted octanol–water partition coefficient (Wildman–Crippen LogP) is 5.96. The Morgan fingerprint density at radius 1 is 0.926 bits per heavy atom. The molecule has 0 aromatic heterocycles. The molecule has 3 aromatic carbocycles. The van der Waals surface area contributed by atoms with Crippen LogP contribution in [0.1, 0.15) is 5.56 Å². The summed E-state index contributed by atoms with van der Waals surface area (Å²) < 4.78 is 0.947. The van der Waals surface area contributed by atoms with E-state index in [-0.39, 0.29) is 5.91 Å². The van der Waals surface area contributed by atoms with Crippen LogP contribution in [0.25, 0.3) is 11.1 Å². The van der Waals surface area contributed by atoms with E-state index in [1.807, 2.05) is 60.7 Å². The number of carbonyl (C=O) groups excluding carboxylic acids is 1. The van der Waals surface area contributed by atoms with E-state index >= 15 is 0 Å². The molecule has 0 bridgehead atoms. The largest absolute Gasteiger partial charge is 0.325 e. The zero-order chi connectivity index (χ0) is 18.5. The van der Waals surface area contributed by atoms with Gasteiger partial charge in [0.15, 0.2) is 0 Å². The Balaban J connectivity index is 1.33. The van der Waals surface area contributed by atoms with Gasteiger partial charge in [0.2, 0.25) is 5.91 Å². The van der Waals surface area contributed by atoms with Gasteiger partial charge in [0, 0.05) is 11.4 Å². The van der Waals surface area contributed by atoms with Gasteiger partial charge in [-0.05, 0) is 34.9 Å². The number of aliphatic imine (C=N–C) groups is 1. The van der Waals surface area contributed by atoms with Crippen molar-refractivity contribution in [2.45, 2.75) is 5.75 Å². The summed E-state index contributed by atoms with van der Waals surface area (Å²) in [7, 11) is 0. The van der Waals surface area contributed by atoms with Crippen LogP contribution in [0.15, 0.2) is 83.9 Å². The summed E-state index contributed by atoms with van der Waals surface area (Å²) in [5.74, 6) is 1.24. The van der Waals surface area contributed by atoms with E-state index in [0.29, 0.717) is 5.75 Å². The Hall–Kier alpha value is -2.50. The first kappa shape index (κ1) is 17.9. The van der Waals surface area contributed by atoms with Gasteiger partial charge in [-0.15, -0.1) is 0 Å². The number of hydrogen-bond donors (Lipinski definition) is 1. The number of nitrogens with one attached hydrogen (secondary N) is 1. The first-order chi connectivity index (χ1) is 13.3. The molecule has 1 amide bonds. The minimum atomic E-state index is -0.0189. The average Bonchev–Trinajstić information content (AvgIpc) is 2.73. The van der Waals surface area contributed by atoms with Crippen LogP contribution in [0, 0.1) is 0 Å². The zero-order valence-electron chi connectivity index (χ0n) is 14.6. The number of carbonyl (C=O) groups is 1. The number of para-hydroxylation sites is 1. The molecule has 1 aliphatic rings. The fourth-order valence-corrected chi connectivity index (χ4v) is 4.65. The van der Waals surface area contributed by atoms with E-state index in [1.54, 1.807) is 11.8 Å². The van der Waals surface area contributed by atoms with Gasteiger partial charge < -0.3 is 5.32 Å². The summed E-state index contributed by atoms with van der Waals surface area (Å²) in [6.07, 6.45) is 0. The van der Waals surface area contributed by atoms with Crippen molar-refractivity contribution in [3.05, 3.63) is 84.4 Å². The van der Waals surface area contributed by atoms with E-state index in [2.05, 4.69) is 28.5 Å². The van der Waals surface area contributed by atoms with Crippen molar-refractivity contribution in [1.29, 1.82) is 0 Å². The maximum atomic E-state index is 12.3. The number of benzene rings is 3. The first-order valence-corrected chi connectivity index (χ1v) is 10.6. The SMILES string of the molecule is O=C(CSC1=Nc2ccccc2CS1)Nc1ccc(-c2ccccc2)cc1. The van der Waals surface area contributed by atoms with Crippen molar-refractivity contribution in [3.63, 3.8) is 0 Å². The van der Waals surface area contributed by atoms with Crippen molar-refractivity contribution in [1.82, 2.24) is 0 Å². The number of hydrogen-bond acceptors (Lipinski definition) is 4. The van der Waals surface area contributed by atoms with Crippen molar-refractivity contribution in [2.24, 2.45) is 4.99 Å². The Morgan fingerprint density at radius 3 is 2.44 bits per heavy atom. The molecule has 0 aliphatic carbocycles. The highest BCUT2D eigenvalue weighted by Crippen LogP contribution is 2.34. The highest BCUT2D eigenvalue weighted by atomic mass is 32.2. The van der Waals surface area contributed by atoms with E-state index in [0.717, 1.165) is 27.1 Å². The normalized spacial score (nSPS) is 12.8. The van der Waals surface area contributed by atoms with Gasteiger partial charge in [-0.1, -0.05) is 84.2 Å². The second kappa shape index (κ2) is 8.46. The van der Waals surface area contributed by atoms with E-state index in [4.69, 9.17) is 0 Å². The quantitative estimate of drug-likeness (QED) is 0.597. The zero-order valence-corrected chi connectivity index (χ0v) is 16.2. The van der Waals surface area contributed by atoms with Crippen molar-refractivity contribution < 1.29 is 4.79 Å². The van der Waals surface area contributed by atoms with E-state index in [9.17, 15) is 4.79 Å².